The molecule has 0 saturated carbocycles. The van der Waals surface area contributed by atoms with E-state index in [2.05, 4.69) is 5.32 Å². The molecule has 0 spiro atoms. The molecule has 1 aliphatic rings. The summed E-state index contributed by atoms with van der Waals surface area (Å²) in [5.41, 5.74) is -0.716. The van der Waals surface area contributed by atoms with E-state index in [1.807, 2.05) is 0 Å². The highest BCUT2D eigenvalue weighted by atomic mass is 16.4. The number of carboxylic acids is 1. The van der Waals surface area contributed by atoms with Crippen LogP contribution in [-0.4, -0.2) is 46.9 Å². The van der Waals surface area contributed by atoms with E-state index in [9.17, 15) is 14.4 Å². The third-order valence-electron chi connectivity index (χ3n) is 2.83. The van der Waals surface area contributed by atoms with Crippen molar-refractivity contribution < 1.29 is 19.5 Å². The monoisotopic (exact) mass is 242 g/mol. The molecule has 0 bridgehead atoms. The lowest BCUT2D eigenvalue weighted by Gasteiger charge is -2.21. The number of nitrogens with one attached hydrogen (secondary N) is 1. The fourth-order valence-electron chi connectivity index (χ4n) is 1.87. The van der Waals surface area contributed by atoms with Gasteiger partial charge in [-0.3, -0.25) is 19.3 Å². The highest BCUT2D eigenvalue weighted by molar-refractivity contribution is 6.05. The number of carboxylic acid groups (broad SMARTS) is 1. The molecule has 1 aliphatic heterocycles. The minimum absolute atomic E-state index is 0.107. The molecule has 1 atom stereocenters. The molecular weight excluding hydrogens is 224 g/mol. The summed E-state index contributed by atoms with van der Waals surface area (Å²) in [4.78, 5) is 35.5. The van der Waals surface area contributed by atoms with E-state index in [0.29, 0.717) is 6.54 Å². The Morgan fingerprint density at radius 1 is 1.53 bits per heavy atom. The number of aliphatic carboxylic acids is 1. The minimum Gasteiger partial charge on any atom is -0.480 e. The first kappa shape index (κ1) is 13.6. The molecule has 0 aromatic rings. The van der Waals surface area contributed by atoms with Crippen molar-refractivity contribution in [2.45, 2.75) is 33.2 Å². The van der Waals surface area contributed by atoms with Gasteiger partial charge in [0.25, 0.3) is 0 Å². The summed E-state index contributed by atoms with van der Waals surface area (Å²) >= 11 is 0. The average molecular weight is 242 g/mol. The topological polar surface area (TPSA) is 86.7 Å². The molecule has 2 N–H and O–H groups in total. The van der Waals surface area contributed by atoms with Gasteiger partial charge in [0.2, 0.25) is 11.8 Å². The normalized spacial score (nSPS) is 20.8. The van der Waals surface area contributed by atoms with Crippen molar-refractivity contribution >= 4 is 17.8 Å². The second kappa shape index (κ2) is 4.83. The molecule has 1 unspecified atom stereocenters. The number of hydrogen-bond donors (Lipinski definition) is 2. The van der Waals surface area contributed by atoms with E-state index in [0.717, 1.165) is 4.90 Å². The Balaban J connectivity index is 2.77. The van der Waals surface area contributed by atoms with Crippen molar-refractivity contribution in [1.29, 1.82) is 0 Å². The quantitative estimate of drug-likeness (QED) is 0.654. The van der Waals surface area contributed by atoms with Gasteiger partial charge in [-0.05, 0) is 6.54 Å². The molecule has 0 aromatic carbocycles. The van der Waals surface area contributed by atoms with Gasteiger partial charge in [-0.15, -0.1) is 0 Å². The zero-order chi connectivity index (χ0) is 13.2. The van der Waals surface area contributed by atoms with Gasteiger partial charge in [-0.1, -0.05) is 20.8 Å². The van der Waals surface area contributed by atoms with Crippen LogP contribution in [0.1, 0.15) is 27.2 Å². The largest absolute Gasteiger partial charge is 0.480 e. The van der Waals surface area contributed by atoms with Crippen molar-refractivity contribution in [3.63, 3.8) is 0 Å². The maximum atomic E-state index is 11.9. The van der Waals surface area contributed by atoms with Gasteiger partial charge in [0, 0.05) is 6.42 Å². The minimum atomic E-state index is -1.06. The zero-order valence-electron chi connectivity index (χ0n) is 10.3. The Kier molecular flexibility index (Phi) is 3.87. The van der Waals surface area contributed by atoms with Crippen LogP contribution < -0.4 is 5.32 Å². The summed E-state index contributed by atoms with van der Waals surface area (Å²) in [6.07, 6.45) is 0.143. The van der Waals surface area contributed by atoms with Gasteiger partial charge < -0.3 is 10.4 Å². The van der Waals surface area contributed by atoms with Crippen LogP contribution in [0.3, 0.4) is 0 Å². The van der Waals surface area contributed by atoms with Gasteiger partial charge in [0.1, 0.15) is 6.04 Å². The van der Waals surface area contributed by atoms with E-state index < -0.39 is 17.4 Å². The Morgan fingerprint density at radius 2 is 2.12 bits per heavy atom. The number of likely N-dealkylation sites (N-methyl/N-ethyl adjacent to an activating group) is 1. The lowest BCUT2D eigenvalue weighted by molar-refractivity contribution is -0.144. The van der Waals surface area contributed by atoms with E-state index in [1.54, 1.807) is 20.8 Å². The third-order valence-corrected chi connectivity index (χ3v) is 2.83. The summed E-state index contributed by atoms with van der Waals surface area (Å²) in [5.74, 6) is -1.66. The first-order valence-corrected chi connectivity index (χ1v) is 5.60. The molecule has 1 heterocycles. The van der Waals surface area contributed by atoms with Crippen LogP contribution in [0.15, 0.2) is 0 Å². The van der Waals surface area contributed by atoms with Crippen LogP contribution in [-0.2, 0) is 14.4 Å². The average Bonchev–Trinajstić information content (AvgIpc) is 2.39. The Labute approximate surface area is 100.0 Å². The van der Waals surface area contributed by atoms with Crippen molar-refractivity contribution in [3.05, 3.63) is 0 Å². The van der Waals surface area contributed by atoms with E-state index in [1.165, 1.54) is 0 Å². The molecule has 96 valence electrons. The predicted molar refractivity (Wildman–Crippen MR) is 60.2 cm³/mol. The number of likely N-dealkylation sites (tertiary alicyclic amines) is 1. The fraction of sp³-hybridized carbons (Fsp3) is 0.727. The molecule has 1 saturated heterocycles. The third kappa shape index (κ3) is 2.82. The summed E-state index contributed by atoms with van der Waals surface area (Å²) in [5, 5.41) is 11.7. The number of amides is 2. The second-order valence-corrected chi connectivity index (χ2v) is 4.82. The summed E-state index contributed by atoms with van der Waals surface area (Å²) in [6, 6.07) is -0.901. The smallest absolute Gasteiger partial charge is 0.322 e. The lowest BCUT2D eigenvalue weighted by atomic mass is 9.92. The molecule has 6 heteroatoms. The Bertz CT molecular complexity index is 351. The standard InChI is InChI=1S/C11H18N2O4/c1-4-12-7(9(15)16)6-13-8(14)5-11(2,3)10(13)17/h7,12H,4-6H2,1-3H3,(H,15,16). The maximum Gasteiger partial charge on any atom is 0.322 e. The van der Waals surface area contributed by atoms with Crippen molar-refractivity contribution in [2.75, 3.05) is 13.1 Å². The number of hydrogen-bond acceptors (Lipinski definition) is 4. The highest BCUT2D eigenvalue weighted by Gasteiger charge is 2.45. The molecule has 2 amide bonds. The van der Waals surface area contributed by atoms with Crippen LogP contribution >= 0.6 is 0 Å². The van der Waals surface area contributed by atoms with E-state index in [-0.39, 0.29) is 24.8 Å². The van der Waals surface area contributed by atoms with Crippen LogP contribution in [0.4, 0.5) is 0 Å². The fourth-order valence-corrected chi connectivity index (χ4v) is 1.87. The number of imide groups is 1. The van der Waals surface area contributed by atoms with E-state index >= 15 is 0 Å². The van der Waals surface area contributed by atoms with Gasteiger partial charge in [-0.25, -0.2) is 0 Å². The summed E-state index contributed by atoms with van der Waals surface area (Å²) in [7, 11) is 0. The molecular formula is C11H18N2O4. The van der Waals surface area contributed by atoms with Gasteiger partial charge in [0.05, 0.1) is 12.0 Å². The first-order chi connectivity index (χ1) is 7.79. The maximum absolute atomic E-state index is 11.9. The van der Waals surface area contributed by atoms with Crippen LogP contribution in [0, 0.1) is 5.41 Å². The second-order valence-electron chi connectivity index (χ2n) is 4.82. The number of carbonyl (C=O) groups excluding carboxylic acids is 2. The molecule has 1 rings (SSSR count). The van der Waals surface area contributed by atoms with Crippen molar-refractivity contribution in [3.8, 4) is 0 Å². The zero-order valence-corrected chi connectivity index (χ0v) is 10.3. The van der Waals surface area contributed by atoms with Crippen molar-refractivity contribution in [1.82, 2.24) is 10.2 Å². The van der Waals surface area contributed by atoms with Crippen LogP contribution in [0.5, 0.6) is 0 Å². The first-order valence-electron chi connectivity index (χ1n) is 5.60. The van der Waals surface area contributed by atoms with Gasteiger partial charge in [0.15, 0.2) is 0 Å². The summed E-state index contributed by atoms with van der Waals surface area (Å²) in [6.45, 7) is 5.51. The number of rotatable bonds is 5. The number of nitrogens with zero attached hydrogens (tertiary/aromatic N) is 1. The molecule has 1 fully saturated rings. The molecule has 0 aromatic heterocycles. The Morgan fingerprint density at radius 3 is 2.47 bits per heavy atom. The van der Waals surface area contributed by atoms with Gasteiger partial charge in [-0.2, -0.15) is 0 Å². The number of carbonyl (C=O) groups is 3. The summed E-state index contributed by atoms with van der Waals surface area (Å²) < 4.78 is 0. The van der Waals surface area contributed by atoms with E-state index in [4.69, 9.17) is 5.11 Å². The molecule has 17 heavy (non-hydrogen) atoms. The van der Waals surface area contributed by atoms with Crippen LogP contribution in [0.2, 0.25) is 0 Å². The lowest BCUT2D eigenvalue weighted by Crippen LogP contribution is -2.48. The molecule has 6 nitrogen and oxygen atoms in total. The molecule has 0 radical (unpaired) electrons. The predicted octanol–water partition coefficient (Wildman–Crippen LogP) is -0.166. The van der Waals surface area contributed by atoms with Crippen molar-refractivity contribution in [2.24, 2.45) is 5.41 Å². The molecule has 0 aliphatic carbocycles. The Hall–Kier alpha value is -1.43. The van der Waals surface area contributed by atoms with Gasteiger partial charge >= 0.3 is 5.97 Å². The highest BCUT2D eigenvalue weighted by Crippen LogP contribution is 2.31. The van der Waals surface area contributed by atoms with Crippen LogP contribution in [0.25, 0.3) is 0 Å². The SMILES string of the molecule is CCNC(CN1C(=O)CC(C)(C)C1=O)C(=O)O.